The third-order valence-electron chi connectivity index (χ3n) is 6.73. The normalized spacial score (nSPS) is 38.2. The molecule has 5 atom stereocenters. The van der Waals surface area contributed by atoms with Crippen LogP contribution in [0.5, 0.6) is 0 Å². The minimum absolute atomic E-state index is 0.00771. The molecule has 0 saturated carbocycles. The molecule has 7 nitrogen and oxygen atoms in total. The third kappa shape index (κ3) is 3.02. The van der Waals surface area contributed by atoms with Crippen molar-refractivity contribution in [2.45, 2.75) is 55.2 Å². The van der Waals surface area contributed by atoms with Crippen LogP contribution in [0.4, 0.5) is 0 Å². The molecule has 8 heteroatoms. The van der Waals surface area contributed by atoms with Crippen molar-refractivity contribution in [2.75, 3.05) is 26.3 Å². The summed E-state index contributed by atoms with van der Waals surface area (Å²) in [6, 6.07) is -0.703. The Hall–Kier alpha value is -1.80. The largest absolute Gasteiger partial charge is 0.465 e. The van der Waals surface area contributed by atoms with Gasteiger partial charge in [-0.1, -0.05) is 24.3 Å². The lowest BCUT2D eigenvalue weighted by molar-refractivity contribution is -0.154. The van der Waals surface area contributed by atoms with Crippen LogP contribution in [0.15, 0.2) is 24.3 Å². The minimum atomic E-state index is -0.833. The number of aliphatic hydroxyl groups is 1. The van der Waals surface area contributed by atoms with Gasteiger partial charge in [-0.25, -0.2) is 0 Å². The summed E-state index contributed by atoms with van der Waals surface area (Å²) in [6.45, 7) is 6.91. The zero-order valence-electron chi connectivity index (χ0n) is 17.7. The molecule has 4 aliphatic heterocycles. The molecule has 0 aliphatic carbocycles. The van der Waals surface area contributed by atoms with E-state index in [4.69, 9.17) is 4.74 Å². The second-order valence-corrected chi connectivity index (χ2v) is 10.7. The molecule has 0 aromatic carbocycles. The first-order valence-electron chi connectivity index (χ1n) is 10.7. The Labute approximate surface area is 181 Å². The minimum Gasteiger partial charge on any atom is -0.465 e. The lowest BCUT2D eigenvalue weighted by atomic mass is 9.74. The van der Waals surface area contributed by atoms with Crippen LogP contribution in [0.2, 0.25) is 0 Å². The van der Waals surface area contributed by atoms with E-state index in [1.807, 2.05) is 45.1 Å². The van der Waals surface area contributed by atoms with Crippen LogP contribution in [-0.4, -0.2) is 80.6 Å². The van der Waals surface area contributed by atoms with Crippen molar-refractivity contribution in [2.24, 2.45) is 11.8 Å². The molecule has 164 valence electrons. The van der Waals surface area contributed by atoms with Crippen molar-refractivity contribution in [3.05, 3.63) is 24.3 Å². The predicted molar refractivity (Wildman–Crippen MR) is 114 cm³/mol. The summed E-state index contributed by atoms with van der Waals surface area (Å²) in [4.78, 5) is 43.9. The lowest BCUT2D eigenvalue weighted by Gasteiger charge is -2.38. The number of hydrogen-bond donors (Lipinski definition) is 1. The van der Waals surface area contributed by atoms with E-state index >= 15 is 0 Å². The summed E-state index contributed by atoms with van der Waals surface area (Å²) in [5.41, 5.74) is 0. The number of cyclic esters (lactones) is 1. The molecule has 4 aliphatic rings. The van der Waals surface area contributed by atoms with Crippen molar-refractivity contribution in [1.82, 2.24) is 9.80 Å². The van der Waals surface area contributed by atoms with Crippen LogP contribution in [-0.2, 0) is 19.1 Å². The summed E-state index contributed by atoms with van der Waals surface area (Å²) >= 11 is 1.55. The van der Waals surface area contributed by atoms with Gasteiger partial charge in [0.1, 0.15) is 6.04 Å². The zero-order valence-corrected chi connectivity index (χ0v) is 18.6. The number of aliphatic hydroxyl groups excluding tert-OH is 1. The van der Waals surface area contributed by atoms with Gasteiger partial charge in [0.05, 0.1) is 23.2 Å². The SMILES string of the molecule is CC(C)N1CC=C[C@]23S[C@@]4(C)C=CCCOC(=O)[C@H]4[C@H]2C(=O)N(CCCO)C3C1=O. The smallest absolute Gasteiger partial charge is 0.311 e. The van der Waals surface area contributed by atoms with Gasteiger partial charge in [0, 0.05) is 30.5 Å². The van der Waals surface area contributed by atoms with Gasteiger partial charge in [0.2, 0.25) is 11.8 Å². The van der Waals surface area contributed by atoms with Crippen molar-refractivity contribution in [1.29, 1.82) is 0 Å². The Morgan fingerprint density at radius 1 is 1.20 bits per heavy atom. The molecule has 2 fully saturated rings. The van der Waals surface area contributed by atoms with Crippen LogP contribution in [0.25, 0.3) is 0 Å². The molecule has 0 aromatic rings. The van der Waals surface area contributed by atoms with Crippen LogP contribution < -0.4 is 0 Å². The molecule has 2 saturated heterocycles. The van der Waals surface area contributed by atoms with Gasteiger partial charge >= 0.3 is 5.97 Å². The van der Waals surface area contributed by atoms with Gasteiger partial charge in [-0.05, 0) is 33.6 Å². The number of fused-ring (bicyclic) bond motifs is 2. The Balaban J connectivity index is 1.87. The number of rotatable bonds is 4. The van der Waals surface area contributed by atoms with E-state index in [1.165, 1.54) is 0 Å². The van der Waals surface area contributed by atoms with Gasteiger partial charge in [-0.2, -0.15) is 0 Å². The number of amides is 2. The summed E-state index contributed by atoms with van der Waals surface area (Å²) in [6.07, 6.45) is 9.04. The fourth-order valence-electron chi connectivity index (χ4n) is 5.45. The number of ether oxygens (including phenoxy) is 1. The third-order valence-corrected chi connectivity index (χ3v) is 8.53. The summed E-state index contributed by atoms with van der Waals surface area (Å²) < 4.78 is 4.03. The molecule has 1 N–H and O–H groups in total. The molecule has 30 heavy (non-hydrogen) atoms. The first-order valence-corrected chi connectivity index (χ1v) is 11.5. The second-order valence-electron chi connectivity index (χ2n) is 8.95. The van der Waals surface area contributed by atoms with Crippen LogP contribution in [0, 0.1) is 11.8 Å². The highest BCUT2D eigenvalue weighted by molar-refractivity contribution is 8.02. The Morgan fingerprint density at radius 2 is 1.97 bits per heavy atom. The molecule has 4 heterocycles. The average Bonchev–Trinajstić information content (AvgIpc) is 2.99. The van der Waals surface area contributed by atoms with Crippen molar-refractivity contribution >= 4 is 29.5 Å². The highest BCUT2D eigenvalue weighted by Gasteiger charge is 2.73. The molecule has 1 unspecified atom stereocenters. The maximum Gasteiger partial charge on any atom is 0.311 e. The van der Waals surface area contributed by atoms with E-state index in [0.29, 0.717) is 32.5 Å². The van der Waals surface area contributed by atoms with E-state index in [-0.39, 0.29) is 30.4 Å². The summed E-state index contributed by atoms with van der Waals surface area (Å²) in [5, 5.41) is 9.38. The van der Waals surface area contributed by atoms with E-state index in [2.05, 4.69) is 0 Å². The number of hydrogen-bond acceptors (Lipinski definition) is 6. The fourth-order valence-corrected chi connectivity index (χ4v) is 7.60. The number of nitrogens with zero attached hydrogens (tertiary/aromatic N) is 2. The van der Waals surface area contributed by atoms with Gasteiger partial charge in [0.25, 0.3) is 0 Å². The number of carbonyl (C=O) groups excluding carboxylic acids is 3. The number of likely N-dealkylation sites (tertiary alicyclic amines) is 1. The first-order chi connectivity index (χ1) is 14.3. The Morgan fingerprint density at radius 3 is 2.67 bits per heavy atom. The van der Waals surface area contributed by atoms with E-state index in [0.717, 1.165) is 0 Å². The number of esters is 1. The Bertz CT molecular complexity index is 811. The predicted octanol–water partition coefficient (Wildman–Crippen LogP) is 1.37. The van der Waals surface area contributed by atoms with Crippen LogP contribution >= 0.6 is 11.8 Å². The highest BCUT2D eigenvalue weighted by atomic mass is 32.2. The van der Waals surface area contributed by atoms with Gasteiger partial charge in [0.15, 0.2) is 0 Å². The van der Waals surface area contributed by atoms with E-state index in [9.17, 15) is 19.5 Å². The van der Waals surface area contributed by atoms with Crippen molar-refractivity contribution in [3.8, 4) is 0 Å². The van der Waals surface area contributed by atoms with E-state index in [1.54, 1.807) is 21.6 Å². The maximum absolute atomic E-state index is 13.7. The van der Waals surface area contributed by atoms with Crippen molar-refractivity contribution in [3.63, 3.8) is 0 Å². The van der Waals surface area contributed by atoms with Crippen LogP contribution in [0.1, 0.15) is 33.6 Å². The van der Waals surface area contributed by atoms with Gasteiger partial charge in [-0.15, -0.1) is 11.8 Å². The molecule has 0 radical (unpaired) electrons. The second kappa shape index (κ2) is 7.71. The highest BCUT2D eigenvalue weighted by Crippen LogP contribution is 2.65. The zero-order chi connectivity index (χ0) is 21.7. The fraction of sp³-hybridized carbons (Fsp3) is 0.682. The van der Waals surface area contributed by atoms with Gasteiger partial charge < -0.3 is 19.6 Å². The van der Waals surface area contributed by atoms with E-state index < -0.39 is 27.4 Å². The number of thioether (sulfide) groups is 1. The molecule has 0 aromatic heterocycles. The molecule has 0 bridgehead atoms. The molecule has 1 spiro atoms. The topological polar surface area (TPSA) is 87.2 Å². The standard InChI is InChI=1S/C22H30N2O5S/c1-14(2)23-10-6-9-22-15(18(26)24(11-7-12-25)17(22)19(23)27)16-20(28)29-13-5-4-8-21(16,3)30-22/h4,6,8-9,14-17,25H,5,7,10-13H2,1-3H3/t15-,16+,17?,21-,22-/m0/s1. The molecular weight excluding hydrogens is 404 g/mol. The van der Waals surface area contributed by atoms with Crippen molar-refractivity contribution < 1.29 is 24.2 Å². The molecule has 4 rings (SSSR count). The maximum atomic E-state index is 13.7. The monoisotopic (exact) mass is 434 g/mol. The first kappa shape index (κ1) is 21.4. The molecular formula is C22H30N2O5S. The average molecular weight is 435 g/mol. The van der Waals surface area contributed by atoms with Gasteiger partial charge in [-0.3, -0.25) is 14.4 Å². The number of carbonyl (C=O) groups is 3. The molecule has 2 amide bonds. The van der Waals surface area contributed by atoms with Crippen LogP contribution in [0.3, 0.4) is 0 Å². The Kier molecular flexibility index (Phi) is 5.51. The summed E-state index contributed by atoms with van der Waals surface area (Å²) in [5.74, 6) is -1.97. The quantitative estimate of drug-likeness (QED) is 0.531. The lowest BCUT2D eigenvalue weighted by Crippen LogP contribution is -2.54. The summed E-state index contributed by atoms with van der Waals surface area (Å²) in [7, 11) is 0.